The lowest BCUT2D eigenvalue weighted by atomic mass is 9.44. The molecular formula is C43H63F3O6S. The molecule has 9 atom stereocenters. The summed E-state index contributed by atoms with van der Waals surface area (Å²) < 4.78 is 60.6. The normalized spacial score (nSPS) is 34.7. The van der Waals surface area contributed by atoms with E-state index in [1.165, 1.54) is 50.7 Å². The fourth-order valence-electron chi connectivity index (χ4n) is 10.3. The first-order valence-electron chi connectivity index (χ1n) is 20.3. The quantitative estimate of drug-likeness (QED) is 0.0693. The monoisotopic (exact) mass is 764 g/mol. The van der Waals surface area contributed by atoms with E-state index >= 15 is 8.78 Å². The van der Waals surface area contributed by atoms with Gasteiger partial charge < -0.3 is 9.47 Å². The number of thioether (sulfide) groups is 1. The van der Waals surface area contributed by atoms with E-state index in [4.69, 9.17) is 9.47 Å². The summed E-state index contributed by atoms with van der Waals surface area (Å²) in [5.41, 5.74) is -7.05. The van der Waals surface area contributed by atoms with E-state index in [1.54, 1.807) is 27.7 Å². The predicted octanol–water partition coefficient (Wildman–Crippen LogP) is 11.0. The standard InChI is InChI=1S/C43H63F3O6S/c1-6-8-9-10-11-12-13-14-15-16-17-18-19-20-21-22-38(49)51-36-28-41(5)32(25-30(3)43(41,39(50)53-29-44)52-37(48)7-2)33-27-35(45)34-26-31(47)23-24-40(34,4)42(33,36)46/h14-15,23-24,26,30,32-33,35-36H,6-13,16-22,25,27-29H2,1-5H3/t30-,32+,33+,35+,36+,40+,41+,42+,43+/m1/s1. The number of carbonyl (C=O) groups excluding carboxylic acids is 4. The fraction of sp³-hybridized carbons (Fsp3) is 0.767. The Kier molecular flexibility index (Phi) is 15.5. The minimum atomic E-state index is -2.33. The summed E-state index contributed by atoms with van der Waals surface area (Å²) in [5, 5.41) is -0.674. The molecule has 0 aromatic carbocycles. The number of esters is 2. The molecule has 4 aliphatic rings. The Morgan fingerprint density at radius 3 is 2.15 bits per heavy atom. The van der Waals surface area contributed by atoms with Crippen LogP contribution in [-0.2, 0) is 28.7 Å². The number of alkyl halides is 3. The molecule has 10 heteroatoms. The van der Waals surface area contributed by atoms with Crippen molar-refractivity contribution in [2.24, 2.45) is 28.6 Å². The molecule has 0 bridgehead atoms. The maximum atomic E-state index is 18.5. The van der Waals surface area contributed by atoms with Crippen LogP contribution in [0.1, 0.15) is 150 Å². The van der Waals surface area contributed by atoms with Gasteiger partial charge in [0.05, 0.1) is 0 Å². The zero-order valence-electron chi connectivity index (χ0n) is 32.7. The number of allylic oxidation sites excluding steroid dienone is 6. The van der Waals surface area contributed by atoms with Crippen LogP contribution < -0.4 is 0 Å². The third-order valence-electron chi connectivity index (χ3n) is 13.1. The Morgan fingerprint density at radius 2 is 1.53 bits per heavy atom. The van der Waals surface area contributed by atoms with Gasteiger partial charge in [0.2, 0.25) is 5.12 Å². The Morgan fingerprint density at radius 1 is 0.906 bits per heavy atom. The van der Waals surface area contributed by atoms with Crippen molar-refractivity contribution in [1.82, 2.24) is 0 Å². The zero-order chi connectivity index (χ0) is 38.9. The summed E-state index contributed by atoms with van der Waals surface area (Å²) in [7, 11) is 0. The second-order valence-corrected chi connectivity index (χ2v) is 17.3. The SMILES string of the molecule is CCCCCCCCC=CCCCCCCCC(=O)O[C@H]1C[C@@]2(C)[C@@H](C[C@@H](C)[C@]2(OC(=O)CC)C(=O)SCF)[C@@H]2C[C@H](F)C3=CC(=O)C=C[C@]3(C)[C@@]12F. The molecule has 298 valence electrons. The summed E-state index contributed by atoms with van der Waals surface area (Å²) >= 11 is 0.407. The summed E-state index contributed by atoms with van der Waals surface area (Å²) in [4.78, 5) is 52.8. The van der Waals surface area contributed by atoms with Gasteiger partial charge in [-0.25, -0.2) is 13.2 Å². The van der Waals surface area contributed by atoms with Crippen LogP contribution in [-0.4, -0.2) is 52.4 Å². The second-order valence-electron chi connectivity index (χ2n) is 16.4. The van der Waals surface area contributed by atoms with Gasteiger partial charge in [0.1, 0.15) is 18.3 Å². The second kappa shape index (κ2) is 19.0. The molecule has 0 heterocycles. The number of hydrogen-bond acceptors (Lipinski definition) is 7. The molecular weight excluding hydrogens is 702 g/mol. The van der Waals surface area contributed by atoms with E-state index in [9.17, 15) is 23.6 Å². The molecule has 0 unspecified atom stereocenters. The van der Waals surface area contributed by atoms with Gasteiger partial charge >= 0.3 is 11.9 Å². The van der Waals surface area contributed by atoms with E-state index in [1.807, 2.05) is 0 Å². The topological polar surface area (TPSA) is 86.7 Å². The summed E-state index contributed by atoms with van der Waals surface area (Å²) in [6.45, 7) is 8.84. The predicted molar refractivity (Wildman–Crippen MR) is 204 cm³/mol. The van der Waals surface area contributed by atoms with E-state index < -0.39 is 81.0 Å². The molecule has 0 aromatic rings. The van der Waals surface area contributed by atoms with Crippen LogP contribution in [0.4, 0.5) is 13.2 Å². The highest BCUT2D eigenvalue weighted by molar-refractivity contribution is 8.13. The van der Waals surface area contributed by atoms with Crippen LogP contribution >= 0.6 is 11.8 Å². The average Bonchev–Trinajstić information content (AvgIpc) is 3.34. The number of halogens is 3. The van der Waals surface area contributed by atoms with Crippen molar-refractivity contribution in [2.75, 3.05) is 6.01 Å². The van der Waals surface area contributed by atoms with Crippen LogP contribution in [0.15, 0.2) is 36.0 Å². The van der Waals surface area contributed by atoms with E-state index in [0.29, 0.717) is 18.2 Å². The van der Waals surface area contributed by atoms with Crippen molar-refractivity contribution in [3.8, 4) is 0 Å². The third kappa shape index (κ3) is 8.72. The molecule has 6 nitrogen and oxygen atoms in total. The summed E-state index contributed by atoms with van der Waals surface area (Å²) in [6, 6.07) is -1.04. The number of fused-ring (bicyclic) bond motifs is 5. The van der Waals surface area contributed by atoms with Crippen molar-refractivity contribution in [3.05, 3.63) is 36.0 Å². The maximum absolute atomic E-state index is 18.5. The Balaban J connectivity index is 1.47. The fourth-order valence-corrected chi connectivity index (χ4v) is 11.1. The van der Waals surface area contributed by atoms with Gasteiger partial charge in [0.25, 0.3) is 0 Å². The minimum absolute atomic E-state index is 0.0180. The van der Waals surface area contributed by atoms with Crippen LogP contribution in [0.25, 0.3) is 0 Å². The lowest BCUT2D eigenvalue weighted by Crippen LogP contribution is -2.71. The van der Waals surface area contributed by atoms with Crippen LogP contribution in [0.3, 0.4) is 0 Å². The highest BCUT2D eigenvalue weighted by Crippen LogP contribution is 2.72. The highest BCUT2D eigenvalue weighted by atomic mass is 32.2. The average molecular weight is 765 g/mol. The first kappa shape index (κ1) is 43.4. The minimum Gasteiger partial charge on any atom is -0.459 e. The van der Waals surface area contributed by atoms with Gasteiger partial charge in [-0.05, 0) is 93.7 Å². The van der Waals surface area contributed by atoms with Crippen LogP contribution in [0.2, 0.25) is 0 Å². The Labute approximate surface area is 319 Å². The largest absolute Gasteiger partial charge is 0.459 e. The highest BCUT2D eigenvalue weighted by Gasteiger charge is 2.79. The molecule has 4 rings (SSSR count). The molecule has 0 radical (unpaired) electrons. The number of unbranched alkanes of at least 4 members (excludes halogenated alkanes) is 11. The van der Waals surface area contributed by atoms with Crippen LogP contribution in [0.5, 0.6) is 0 Å². The lowest BCUT2D eigenvalue weighted by Gasteiger charge is -2.63. The van der Waals surface area contributed by atoms with Gasteiger partial charge in [0, 0.05) is 35.5 Å². The molecule has 3 fully saturated rings. The molecule has 0 spiro atoms. The smallest absolute Gasteiger partial charge is 0.306 e. The zero-order valence-corrected chi connectivity index (χ0v) is 33.5. The van der Waals surface area contributed by atoms with Crippen molar-refractivity contribution >= 4 is 34.6 Å². The molecule has 4 aliphatic carbocycles. The first-order chi connectivity index (χ1) is 25.3. The number of rotatable bonds is 20. The molecule has 0 amide bonds. The number of carbonyl (C=O) groups is 4. The Hall–Kier alpha value is -2.36. The van der Waals surface area contributed by atoms with E-state index in [2.05, 4.69) is 19.1 Å². The van der Waals surface area contributed by atoms with Crippen molar-refractivity contribution < 1.29 is 41.8 Å². The molecule has 53 heavy (non-hydrogen) atoms. The van der Waals surface area contributed by atoms with Crippen molar-refractivity contribution in [1.29, 1.82) is 0 Å². The summed E-state index contributed by atoms with van der Waals surface area (Å²) in [5.74, 6) is -4.04. The first-order valence-corrected chi connectivity index (χ1v) is 21.3. The number of ether oxygens (including phenoxy) is 2. The van der Waals surface area contributed by atoms with Gasteiger partial charge in [0.15, 0.2) is 17.1 Å². The van der Waals surface area contributed by atoms with Gasteiger partial charge in [-0.15, -0.1) is 0 Å². The maximum Gasteiger partial charge on any atom is 0.306 e. The van der Waals surface area contributed by atoms with Gasteiger partial charge in [-0.1, -0.05) is 97.3 Å². The molecule has 0 aliphatic heterocycles. The summed E-state index contributed by atoms with van der Waals surface area (Å²) in [6.07, 6.45) is 19.4. The lowest BCUT2D eigenvalue weighted by molar-refractivity contribution is -0.237. The van der Waals surface area contributed by atoms with Gasteiger partial charge in [-0.3, -0.25) is 19.2 Å². The molecule has 0 N–H and O–H groups in total. The van der Waals surface area contributed by atoms with Gasteiger partial charge in [-0.2, -0.15) is 0 Å². The molecule has 0 saturated heterocycles. The van der Waals surface area contributed by atoms with Crippen LogP contribution in [0, 0.1) is 28.6 Å². The molecule has 3 saturated carbocycles. The third-order valence-corrected chi connectivity index (χ3v) is 13.8. The van der Waals surface area contributed by atoms with Crippen molar-refractivity contribution in [2.45, 2.75) is 174 Å². The number of ketones is 1. The number of hydrogen-bond donors (Lipinski definition) is 0. The van der Waals surface area contributed by atoms with E-state index in [-0.39, 0.29) is 37.7 Å². The Bertz CT molecular complexity index is 1400. The van der Waals surface area contributed by atoms with Crippen molar-refractivity contribution in [3.63, 3.8) is 0 Å². The van der Waals surface area contributed by atoms with E-state index in [0.717, 1.165) is 44.6 Å². The molecule has 0 aromatic heterocycles.